The van der Waals surface area contributed by atoms with Crippen LogP contribution in [0.2, 0.25) is 10.2 Å². The number of carbonyl (C=O) groups is 1. The van der Waals surface area contributed by atoms with E-state index in [4.69, 9.17) is 32.9 Å². The fourth-order valence-corrected chi connectivity index (χ4v) is 1.76. The molecular formula is C12H6Cl2N2O2. The Hall–Kier alpha value is -1.96. The van der Waals surface area contributed by atoms with E-state index in [1.807, 2.05) is 6.07 Å². The zero-order chi connectivity index (χ0) is 13.1. The number of nitrogens with zero attached hydrogens (tertiary/aromatic N) is 1. The maximum Gasteiger partial charge on any atom is 0.260 e. The van der Waals surface area contributed by atoms with Gasteiger partial charge in [-0.05, 0) is 35.9 Å². The SMILES string of the molecule is N#Cc1ccc(NC(=O)c2ccoc2Cl)c(Cl)c1. The Morgan fingerprint density at radius 3 is 2.67 bits per heavy atom. The van der Waals surface area contributed by atoms with E-state index in [0.29, 0.717) is 11.3 Å². The smallest absolute Gasteiger partial charge is 0.260 e. The Morgan fingerprint density at radius 1 is 1.33 bits per heavy atom. The molecule has 90 valence electrons. The van der Waals surface area contributed by atoms with Gasteiger partial charge in [0.15, 0.2) is 0 Å². The van der Waals surface area contributed by atoms with E-state index in [0.717, 1.165) is 0 Å². The van der Waals surface area contributed by atoms with Crippen molar-refractivity contribution < 1.29 is 9.21 Å². The van der Waals surface area contributed by atoms with Gasteiger partial charge in [0.2, 0.25) is 5.22 Å². The summed E-state index contributed by atoms with van der Waals surface area (Å²) in [4.78, 5) is 11.8. The van der Waals surface area contributed by atoms with E-state index in [1.54, 1.807) is 12.1 Å². The van der Waals surface area contributed by atoms with Crippen LogP contribution in [0, 0.1) is 11.3 Å². The Balaban J connectivity index is 2.23. The summed E-state index contributed by atoms with van der Waals surface area (Å²) in [5.41, 5.74) is 1.04. The van der Waals surface area contributed by atoms with Crippen LogP contribution < -0.4 is 5.32 Å². The number of hydrogen-bond acceptors (Lipinski definition) is 3. The van der Waals surface area contributed by atoms with Crippen molar-refractivity contribution in [2.75, 3.05) is 5.32 Å². The third-order valence-electron chi connectivity index (χ3n) is 2.21. The van der Waals surface area contributed by atoms with Gasteiger partial charge in [-0.25, -0.2) is 0 Å². The van der Waals surface area contributed by atoms with Crippen LogP contribution in [0.4, 0.5) is 5.69 Å². The van der Waals surface area contributed by atoms with Gasteiger partial charge in [-0.1, -0.05) is 11.6 Å². The minimum atomic E-state index is -0.430. The molecule has 1 aromatic carbocycles. The molecule has 1 amide bonds. The number of furan rings is 1. The number of anilines is 1. The molecule has 18 heavy (non-hydrogen) atoms. The summed E-state index contributed by atoms with van der Waals surface area (Å²) in [5.74, 6) is -0.430. The Kier molecular flexibility index (Phi) is 3.56. The van der Waals surface area contributed by atoms with Gasteiger partial charge >= 0.3 is 0 Å². The molecule has 6 heteroatoms. The molecule has 4 nitrogen and oxygen atoms in total. The largest absolute Gasteiger partial charge is 0.452 e. The van der Waals surface area contributed by atoms with Crippen LogP contribution in [0.25, 0.3) is 0 Å². The first-order valence-electron chi connectivity index (χ1n) is 4.86. The highest BCUT2D eigenvalue weighted by Crippen LogP contribution is 2.24. The maximum atomic E-state index is 11.8. The first-order chi connectivity index (χ1) is 8.61. The van der Waals surface area contributed by atoms with Gasteiger partial charge in [-0.2, -0.15) is 5.26 Å². The monoisotopic (exact) mass is 280 g/mol. The van der Waals surface area contributed by atoms with E-state index < -0.39 is 5.91 Å². The highest BCUT2D eigenvalue weighted by atomic mass is 35.5. The Morgan fingerprint density at radius 2 is 2.11 bits per heavy atom. The molecular weight excluding hydrogens is 275 g/mol. The van der Waals surface area contributed by atoms with Crippen LogP contribution in [0.3, 0.4) is 0 Å². The first kappa shape index (κ1) is 12.5. The molecule has 0 unspecified atom stereocenters. The summed E-state index contributed by atoms with van der Waals surface area (Å²) in [5, 5.41) is 11.6. The third-order valence-corrected chi connectivity index (χ3v) is 2.81. The minimum Gasteiger partial charge on any atom is -0.452 e. The van der Waals surface area contributed by atoms with E-state index in [1.165, 1.54) is 18.4 Å². The van der Waals surface area contributed by atoms with Gasteiger partial charge in [-0.15, -0.1) is 0 Å². The topological polar surface area (TPSA) is 66.0 Å². The van der Waals surface area contributed by atoms with E-state index >= 15 is 0 Å². The molecule has 1 heterocycles. The zero-order valence-corrected chi connectivity index (χ0v) is 10.4. The molecule has 0 spiro atoms. The van der Waals surface area contributed by atoms with Crippen molar-refractivity contribution >= 4 is 34.8 Å². The number of nitriles is 1. The molecule has 0 atom stereocenters. The van der Waals surface area contributed by atoms with Gasteiger partial charge < -0.3 is 9.73 Å². The van der Waals surface area contributed by atoms with Crippen molar-refractivity contribution in [1.82, 2.24) is 0 Å². The lowest BCUT2D eigenvalue weighted by atomic mass is 10.2. The van der Waals surface area contributed by atoms with Crippen molar-refractivity contribution in [3.63, 3.8) is 0 Å². The molecule has 1 N–H and O–H groups in total. The average molecular weight is 281 g/mol. The van der Waals surface area contributed by atoms with Crippen LogP contribution in [-0.2, 0) is 0 Å². The Bertz CT molecular complexity index is 644. The zero-order valence-electron chi connectivity index (χ0n) is 8.91. The minimum absolute atomic E-state index is 0.0114. The van der Waals surface area contributed by atoms with Gasteiger partial charge in [0.05, 0.1) is 34.2 Å². The van der Waals surface area contributed by atoms with Crippen LogP contribution in [0.15, 0.2) is 34.9 Å². The fourth-order valence-electron chi connectivity index (χ4n) is 1.33. The molecule has 0 saturated heterocycles. The van der Waals surface area contributed by atoms with E-state index in [9.17, 15) is 4.79 Å². The van der Waals surface area contributed by atoms with Crippen molar-refractivity contribution in [2.45, 2.75) is 0 Å². The van der Waals surface area contributed by atoms with Crippen molar-refractivity contribution in [2.24, 2.45) is 0 Å². The molecule has 0 radical (unpaired) electrons. The summed E-state index contributed by atoms with van der Waals surface area (Å²) >= 11 is 11.6. The number of hydrogen-bond donors (Lipinski definition) is 1. The molecule has 0 aliphatic rings. The van der Waals surface area contributed by atoms with Gasteiger partial charge in [0, 0.05) is 0 Å². The van der Waals surface area contributed by atoms with Crippen molar-refractivity contribution in [1.29, 1.82) is 5.26 Å². The first-order valence-corrected chi connectivity index (χ1v) is 5.61. The van der Waals surface area contributed by atoms with Crippen LogP contribution >= 0.6 is 23.2 Å². The van der Waals surface area contributed by atoms with E-state index in [-0.39, 0.29) is 15.8 Å². The van der Waals surface area contributed by atoms with Gasteiger partial charge in [0.25, 0.3) is 5.91 Å². The third kappa shape index (κ3) is 2.48. The predicted octanol–water partition coefficient (Wildman–Crippen LogP) is 3.71. The summed E-state index contributed by atoms with van der Waals surface area (Å²) in [6.07, 6.45) is 1.32. The highest BCUT2D eigenvalue weighted by Gasteiger charge is 2.14. The number of rotatable bonds is 2. The van der Waals surface area contributed by atoms with E-state index in [2.05, 4.69) is 5.32 Å². The molecule has 0 fully saturated rings. The van der Waals surface area contributed by atoms with Crippen LogP contribution in [-0.4, -0.2) is 5.91 Å². The van der Waals surface area contributed by atoms with Gasteiger partial charge in [-0.3, -0.25) is 4.79 Å². The summed E-state index contributed by atoms with van der Waals surface area (Å²) in [7, 11) is 0. The van der Waals surface area contributed by atoms with Crippen LogP contribution in [0.5, 0.6) is 0 Å². The maximum absolute atomic E-state index is 11.8. The standard InChI is InChI=1S/C12H6Cl2N2O2/c13-9-5-7(6-15)1-2-10(9)16-12(17)8-3-4-18-11(8)14/h1-5H,(H,16,17). The fraction of sp³-hybridized carbons (Fsp3) is 0. The summed E-state index contributed by atoms with van der Waals surface area (Å²) in [6, 6.07) is 7.97. The van der Waals surface area contributed by atoms with Crippen LogP contribution in [0.1, 0.15) is 15.9 Å². The predicted molar refractivity (Wildman–Crippen MR) is 67.8 cm³/mol. The lowest BCUT2D eigenvalue weighted by Crippen LogP contribution is -2.11. The number of halogens is 2. The number of amides is 1. The summed E-state index contributed by atoms with van der Waals surface area (Å²) in [6.45, 7) is 0. The van der Waals surface area contributed by atoms with Crippen molar-refractivity contribution in [3.05, 3.63) is 51.9 Å². The molecule has 1 aromatic heterocycles. The molecule has 0 saturated carbocycles. The molecule has 2 aromatic rings. The number of nitrogens with one attached hydrogen (secondary N) is 1. The highest BCUT2D eigenvalue weighted by molar-refractivity contribution is 6.35. The normalized spacial score (nSPS) is 9.83. The quantitative estimate of drug-likeness (QED) is 0.912. The number of carbonyl (C=O) groups excluding carboxylic acids is 1. The lowest BCUT2D eigenvalue weighted by molar-refractivity contribution is 0.102. The Labute approximate surface area is 113 Å². The lowest BCUT2D eigenvalue weighted by Gasteiger charge is -2.06. The molecule has 0 aliphatic carbocycles. The second-order valence-corrected chi connectivity index (χ2v) is 4.12. The van der Waals surface area contributed by atoms with Crippen molar-refractivity contribution in [3.8, 4) is 6.07 Å². The molecule has 2 rings (SSSR count). The molecule has 0 bridgehead atoms. The summed E-state index contributed by atoms with van der Waals surface area (Å²) < 4.78 is 4.82. The second kappa shape index (κ2) is 5.13. The van der Waals surface area contributed by atoms with Gasteiger partial charge in [0.1, 0.15) is 0 Å². The number of benzene rings is 1. The molecule has 0 aliphatic heterocycles. The second-order valence-electron chi connectivity index (χ2n) is 3.37. The average Bonchev–Trinajstić information content (AvgIpc) is 2.78.